The molecule has 1 aromatic rings. The molecule has 2 atom stereocenters. The van der Waals surface area contributed by atoms with Crippen LogP contribution in [0.2, 0.25) is 0 Å². The van der Waals surface area contributed by atoms with Gasteiger partial charge in [-0.15, -0.1) is 0 Å². The first kappa shape index (κ1) is 14.9. The lowest BCUT2D eigenvalue weighted by Gasteiger charge is -2.26. The van der Waals surface area contributed by atoms with Crippen LogP contribution in [0.25, 0.3) is 0 Å². The van der Waals surface area contributed by atoms with Gasteiger partial charge >= 0.3 is 0 Å². The van der Waals surface area contributed by atoms with Gasteiger partial charge in [0.05, 0.1) is 10.6 Å². The standard InChI is InChI=1S/C14H20BrFN2O/c15-13-8-10(4-5-14(13)16)7-11(18-17)9-12-3-1-2-6-19-12/h4-5,8,11-12,18H,1-3,6-7,9,17H2. The van der Waals surface area contributed by atoms with Crippen molar-refractivity contribution >= 4 is 15.9 Å². The minimum Gasteiger partial charge on any atom is -0.378 e. The molecule has 0 aromatic heterocycles. The van der Waals surface area contributed by atoms with Crippen LogP contribution >= 0.6 is 15.9 Å². The predicted octanol–water partition coefficient (Wildman–Crippen LogP) is 2.92. The summed E-state index contributed by atoms with van der Waals surface area (Å²) in [6.07, 6.45) is 5.44. The molecule has 0 radical (unpaired) electrons. The Balaban J connectivity index is 1.92. The molecule has 1 aromatic carbocycles. The molecule has 19 heavy (non-hydrogen) atoms. The second-order valence-electron chi connectivity index (χ2n) is 5.04. The van der Waals surface area contributed by atoms with E-state index in [1.54, 1.807) is 12.1 Å². The topological polar surface area (TPSA) is 47.3 Å². The van der Waals surface area contributed by atoms with E-state index in [-0.39, 0.29) is 11.9 Å². The first-order valence-electron chi connectivity index (χ1n) is 6.70. The van der Waals surface area contributed by atoms with Crippen molar-refractivity contribution in [2.45, 2.75) is 44.2 Å². The second-order valence-corrected chi connectivity index (χ2v) is 5.89. The van der Waals surface area contributed by atoms with Crippen molar-refractivity contribution in [1.82, 2.24) is 5.43 Å². The summed E-state index contributed by atoms with van der Waals surface area (Å²) in [6, 6.07) is 5.23. The Labute approximate surface area is 121 Å². The van der Waals surface area contributed by atoms with Crippen LogP contribution in [0.1, 0.15) is 31.2 Å². The quantitative estimate of drug-likeness (QED) is 0.644. The molecular weight excluding hydrogens is 311 g/mol. The fourth-order valence-corrected chi connectivity index (χ4v) is 2.90. The van der Waals surface area contributed by atoms with Gasteiger partial charge < -0.3 is 4.74 Å². The van der Waals surface area contributed by atoms with Gasteiger partial charge in [0, 0.05) is 12.6 Å². The number of nitrogens with two attached hydrogens (primary N) is 1. The lowest BCUT2D eigenvalue weighted by Crippen LogP contribution is -2.40. The summed E-state index contributed by atoms with van der Waals surface area (Å²) < 4.78 is 19.4. The molecule has 3 N–H and O–H groups in total. The average Bonchev–Trinajstić information content (AvgIpc) is 2.43. The molecule has 2 unspecified atom stereocenters. The smallest absolute Gasteiger partial charge is 0.137 e. The van der Waals surface area contributed by atoms with Gasteiger partial charge in [-0.05, 0) is 65.7 Å². The fraction of sp³-hybridized carbons (Fsp3) is 0.571. The van der Waals surface area contributed by atoms with Gasteiger partial charge in [-0.1, -0.05) is 6.07 Å². The van der Waals surface area contributed by atoms with E-state index in [1.165, 1.54) is 12.5 Å². The van der Waals surface area contributed by atoms with Crippen molar-refractivity contribution in [1.29, 1.82) is 0 Å². The number of rotatable bonds is 5. The molecule has 1 aliphatic rings. The van der Waals surface area contributed by atoms with Crippen molar-refractivity contribution in [3.8, 4) is 0 Å². The Morgan fingerprint density at radius 2 is 2.32 bits per heavy atom. The van der Waals surface area contributed by atoms with Crippen LogP contribution in [0.4, 0.5) is 4.39 Å². The molecule has 1 fully saturated rings. The molecular formula is C14H20BrFN2O. The maximum absolute atomic E-state index is 13.2. The minimum atomic E-state index is -0.239. The Bertz CT molecular complexity index is 410. The van der Waals surface area contributed by atoms with Gasteiger partial charge in [0.25, 0.3) is 0 Å². The molecule has 106 valence electrons. The summed E-state index contributed by atoms with van der Waals surface area (Å²) in [5.41, 5.74) is 3.90. The van der Waals surface area contributed by atoms with Crippen LogP contribution in [-0.2, 0) is 11.2 Å². The zero-order chi connectivity index (χ0) is 13.7. The maximum Gasteiger partial charge on any atom is 0.137 e. The number of nitrogens with one attached hydrogen (secondary N) is 1. The Morgan fingerprint density at radius 1 is 1.47 bits per heavy atom. The van der Waals surface area contributed by atoms with Crippen LogP contribution in [0.15, 0.2) is 22.7 Å². The molecule has 1 saturated heterocycles. The van der Waals surface area contributed by atoms with Crippen molar-refractivity contribution in [3.05, 3.63) is 34.1 Å². The number of hydrazine groups is 1. The summed E-state index contributed by atoms with van der Waals surface area (Å²) >= 11 is 3.21. The van der Waals surface area contributed by atoms with Gasteiger partial charge in [0.15, 0.2) is 0 Å². The van der Waals surface area contributed by atoms with Gasteiger partial charge in [-0.2, -0.15) is 0 Å². The first-order chi connectivity index (χ1) is 9.19. The molecule has 1 heterocycles. The fourth-order valence-electron chi connectivity index (χ4n) is 2.47. The van der Waals surface area contributed by atoms with E-state index in [4.69, 9.17) is 10.6 Å². The van der Waals surface area contributed by atoms with Gasteiger partial charge in [0.2, 0.25) is 0 Å². The normalized spacial score (nSPS) is 21.3. The van der Waals surface area contributed by atoms with E-state index in [9.17, 15) is 4.39 Å². The highest BCUT2D eigenvalue weighted by Crippen LogP contribution is 2.21. The second kappa shape index (κ2) is 7.33. The van der Waals surface area contributed by atoms with Crippen LogP contribution in [0.5, 0.6) is 0 Å². The molecule has 0 saturated carbocycles. The SMILES string of the molecule is NNC(Cc1ccc(F)c(Br)c1)CC1CCCCO1. The highest BCUT2D eigenvalue weighted by molar-refractivity contribution is 9.10. The molecule has 1 aliphatic heterocycles. The predicted molar refractivity (Wildman–Crippen MR) is 77.1 cm³/mol. The zero-order valence-corrected chi connectivity index (χ0v) is 12.5. The lowest BCUT2D eigenvalue weighted by molar-refractivity contribution is 0.00524. The highest BCUT2D eigenvalue weighted by Gasteiger charge is 2.19. The molecule has 5 heteroatoms. The van der Waals surface area contributed by atoms with Crippen LogP contribution in [0.3, 0.4) is 0 Å². The summed E-state index contributed by atoms with van der Waals surface area (Å²) in [6.45, 7) is 0.851. The van der Waals surface area contributed by atoms with Gasteiger partial charge in [-0.3, -0.25) is 11.3 Å². The summed E-state index contributed by atoms with van der Waals surface area (Å²) in [5.74, 6) is 5.38. The molecule has 0 spiro atoms. The number of hydrogen-bond acceptors (Lipinski definition) is 3. The lowest BCUT2D eigenvalue weighted by atomic mass is 9.97. The highest BCUT2D eigenvalue weighted by atomic mass is 79.9. The Kier molecular flexibility index (Phi) is 5.76. The number of halogens is 2. The zero-order valence-electron chi connectivity index (χ0n) is 10.9. The third-order valence-electron chi connectivity index (χ3n) is 3.52. The van der Waals surface area contributed by atoms with Crippen molar-refractivity contribution in [2.24, 2.45) is 5.84 Å². The van der Waals surface area contributed by atoms with Crippen LogP contribution in [-0.4, -0.2) is 18.8 Å². The van der Waals surface area contributed by atoms with E-state index in [0.29, 0.717) is 10.6 Å². The number of hydrogen-bond donors (Lipinski definition) is 2. The van der Waals surface area contributed by atoms with Crippen molar-refractivity contribution < 1.29 is 9.13 Å². The Hall–Kier alpha value is -0.490. The van der Waals surface area contributed by atoms with E-state index in [1.807, 2.05) is 0 Å². The molecule has 0 aliphatic carbocycles. The molecule has 2 rings (SSSR count). The van der Waals surface area contributed by atoms with Crippen LogP contribution < -0.4 is 11.3 Å². The number of ether oxygens (including phenoxy) is 1. The summed E-state index contributed by atoms with van der Waals surface area (Å²) in [4.78, 5) is 0. The van der Waals surface area contributed by atoms with Gasteiger partial charge in [-0.25, -0.2) is 4.39 Å². The summed E-state index contributed by atoms with van der Waals surface area (Å²) in [5, 5.41) is 0. The van der Waals surface area contributed by atoms with Crippen LogP contribution in [0, 0.1) is 5.82 Å². The maximum atomic E-state index is 13.2. The van der Waals surface area contributed by atoms with E-state index in [2.05, 4.69) is 21.4 Å². The van der Waals surface area contributed by atoms with Gasteiger partial charge in [0.1, 0.15) is 5.82 Å². The largest absolute Gasteiger partial charge is 0.378 e. The van der Waals surface area contributed by atoms with Crippen molar-refractivity contribution in [2.75, 3.05) is 6.61 Å². The third-order valence-corrected chi connectivity index (χ3v) is 4.13. The van der Waals surface area contributed by atoms with E-state index >= 15 is 0 Å². The molecule has 0 amide bonds. The average molecular weight is 331 g/mol. The number of benzene rings is 1. The third kappa shape index (κ3) is 4.53. The van der Waals surface area contributed by atoms with E-state index < -0.39 is 0 Å². The van der Waals surface area contributed by atoms with E-state index in [0.717, 1.165) is 37.9 Å². The Morgan fingerprint density at radius 3 is 2.95 bits per heavy atom. The first-order valence-corrected chi connectivity index (χ1v) is 7.50. The summed E-state index contributed by atoms with van der Waals surface area (Å²) in [7, 11) is 0. The molecule has 3 nitrogen and oxygen atoms in total. The van der Waals surface area contributed by atoms with Crippen molar-refractivity contribution in [3.63, 3.8) is 0 Å². The molecule has 0 bridgehead atoms. The monoisotopic (exact) mass is 330 g/mol. The minimum absolute atomic E-state index is 0.153.